The molecule has 7 saturated carbocycles. The molecule has 0 aliphatic heterocycles. The number of nitrogens with one attached hydrogen (secondary N) is 1. The largest absolute Gasteiger partial charge is 0.434 e. The molecule has 0 aromatic carbocycles. The highest BCUT2D eigenvalue weighted by molar-refractivity contribution is 6.01. The maximum absolute atomic E-state index is 17.6. The van der Waals surface area contributed by atoms with Gasteiger partial charge in [0.05, 0.1) is 6.10 Å². The molecule has 0 spiro atoms. The summed E-state index contributed by atoms with van der Waals surface area (Å²) in [5.41, 5.74) is -5.56. The molecule has 8 atom stereocenters. The van der Waals surface area contributed by atoms with E-state index in [1.54, 1.807) is 13.0 Å². The topological polar surface area (TPSA) is 113 Å². The number of aliphatic hydroxyl groups excluding tert-OH is 2. The number of fused-ring (bicyclic) bond motifs is 5. The number of rotatable bonds is 4. The zero-order valence-electron chi connectivity index (χ0n) is 24.5. The fourth-order valence-corrected chi connectivity index (χ4v) is 12.2. The van der Waals surface area contributed by atoms with Crippen molar-refractivity contribution in [2.45, 2.75) is 108 Å². The zero-order chi connectivity index (χ0) is 29.2. The summed E-state index contributed by atoms with van der Waals surface area (Å²) in [5, 5.41) is 25.2. The second-order valence-corrected chi connectivity index (χ2v) is 15.4. The van der Waals surface area contributed by atoms with Gasteiger partial charge in [-0.2, -0.15) is 0 Å². The van der Waals surface area contributed by atoms with Gasteiger partial charge in [-0.25, -0.2) is 9.18 Å². The minimum absolute atomic E-state index is 0.0873. The monoisotopic (exact) mass is 569 g/mol. The van der Waals surface area contributed by atoms with Gasteiger partial charge in [-0.3, -0.25) is 9.59 Å². The van der Waals surface area contributed by atoms with E-state index in [0.717, 1.165) is 19.3 Å². The molecule has 0 aromatic rings. The lowest BCUT2D eigenvalue weighted by molar-refractivity contribution is -0.219. The van der Waals surface area contributed by atoms with Crippen LogP contribution < -0.4 is 5.32 Å². The van der Waals surface area contributed by atoms with E-state index in [4.69, 9.17) is 4.74 Å². The van der Waals surface area contributed by atoms with Crippen LogP contribution >= 0.6 is 0 Å². The molecule has 3 N–H and O–H groups in total. The van der Waals surface area contributed by atoms with Crippen molar-refractivity contribution in [2.24, 2.45) is 46.3 Å². The molecule has 8 heteroatoms. The van der Waals surface area contributed by atoms with Crippen LogP contribution in [0.1, 0.15) is 85.0 Å². The average Bonchev–Trinajstić information content (AvgIpc) is 3.10. The summed E-state index contributed by atoms with van der Waals surface area (Å²) in [6, 6.07) is 0. The lowest BCUT2D eigenvalue weighted by Gasteiger charge is -2.62. The Labute approximate surface area is 241 Å². The molecule has 8 aliphatic carbocycles. The van der Waals surface area contributed by atoms with Gasteiger partial charge in [0.1, 0.15) is 6.61 Å². The summed E-state index contributed by atoms with van der Waals surface area (Å²) >= 11 is 0. The van der Waals surface area contributed by atoms with E-state index in [1.807, 2.05) is 13.8 Å². The Morgan fingerprint density at radius 2 is 1.68 bits per heavy atom. The number of halogens is 1. The van der Waals surface area contributed by atoms with Crippen molar-refractivity contribution in [1.29, 1.82) is 0 Å². The molecule has 7 nitrogen and oxygen atoms in total. The van der Waals surface area contributed by atoms with Crippen LogP contribution in [0.4, 0.5) is 9.18 Å². The van der Waals surface area contributed by atoms with E-state index in [0.29, 0.717) is 42.6 Å². The highest BCUT2D eigenvalue weighted by Gasteiger charge is 2.77. The lowest BCUT2D eigenvalue weighted by atomic mass is 9.44. The fourth-order valence-electron chi connectivity index (χ4n) is 12.2. The Bertz CT molecular complexity index is 1220. The number of carbonyl (C=O) groups excluding carboxylic acids is 3. The standard InChI is InChI=1S/C33H44FNO6/c1-18-8-25-24-5-4-22-12-23(37)6-7-29(22,2)32(24,34)26(38)16-30(25,3)33(18,27(39)17-36)41-28(40)35-31-13-19-9-20(14-31)11-21(10-19)15-31/h6-7,12,18-21,24-26,36,38H,4-5,8-11,13-17H2,1-3H3,(H,35,40)/t18-,19?,20?,21?,24?,25?,26-,29-,30-,31?,32?,33+/m0/s1. The first kappa shape index (κ1) is 27.8. The van der Waals surface area contributed by atoms with E-state index in [2.05, 4.69) is 5.32 Å². The molecule has 0 saturated heterocycles. The number of hydrogen-bond donors (Lipinski definition) is 3. The van der Waals surface area contributed by atoms with Gasteiger partial charge in [-0.1, -0.05) is 25.5 Å². The second kappa shape index (κ2) is 8.75. The molecule has 41 heavy (non-hydrogen) atoms. The van der Waals surface area contributed by atoms with Crippen LogP contribution in [-0.4, -0.2) is 57.4 Å². The van der Waals surface area contributed by atoms with E-state index < -0.39 is 58.5 Å². The van der Waals surface area contributed by atoms with Gasteiger partial charge in [-0.15, -0.1) is 0 Å². The molecule has 7 fully saturated rings. The van der Waals surface area contributed by atoms with E-state index in [9.17, 15) is 24.6 Å². The van der Waals surface area contributed by atoms with Crippen molar-refractivity contribution in [3.63, 3.8) is 0 Å². The van der Waals surface area contributed by atoms with E-state index in [-0.39, 0.29) is 23.7 Å². The highest BCUT2D eigenvalue weighted by Crippen LogP contribution is 2.71. The maximum atomic E-state index is 17.6. The molecule has 1 amide bonds. The number of hydrogen-bond acceptors (Lipinski definition) is 6. The summed E-state index contributed by atoms with van der Waals surface area (Å²) in [4.78, 5) is 39.8. The van der Waals surface area contributed by atoms with Crippen LogP contribution in [0.3, 0.4) is 0 Å². The van der Waals surface area contributed by atoms with Crippen LogP contribution in [0.2, 0.25) is 0 Å². The number of alkyl halides is 1. The summed E-state index contributed by atoms with van der Waals surface area (Å²) < 4.78 is 23.9. The van der Waals surface area contributed by atoms with Crippen molar-refractivity contribution in [3.05, 3.63) is 23.8 Å². The van der Waals surface area contributed by atoms with Crippen molar-refractivity contribution >= 4 is 17.7 Å². The average molecular weight is 570 g/mol. The number of allylic oxidation sites excluding steroid dienone is 4. The van der Waals surface area contributed by atoms with Gasteiger partial charge >= 0.3 is 6.09 Å². The zero-order valence-corrected chi connectivity index (χ0v) is 24.5. The summed E-state index contributed by atoms with van der Waals surface area (Å²) in [7, 11) is 0. The van der Waals surface area contributed by atoms with E-state index >= 15 is 4.39 Å². The molecular weight excluding hydrogens is 525 g/mol. The first-order valence-electron chi connectivity index (χ1n) is 15.8. The molecule has 4 bridgehead atoms. The Kier molecular flexibility index (Phi) is 5.92. The van der Waals surface area contributed by atoms with Gasteiger partial charge in [0, 0.05) is 28.2 Å². The molecule has 224 valence electrons. The summed E-state index contributed by atoms with van der Waals surface area (Å²) in [5.74, 6) is -0.353. The smallest absolute Gasteiger partial charge is 0.408 e. The predicted molar refractivity (Wildman–Crippen MR) is 148 cm³/mol. The van der Waals surface area contributed by atoms with Gasteiger partial charge in [0.15, 0.2) is 17.1 Å². The van der Waals surface area contributed by atoms with Crippen LogP contribution in [0.15, 0.2) is 23.8 Å². The van der Waals surface area contributed by atoms with Crippen molar-refractivity contribution in [2.75, 3.05) is 6.61 Å². The third kappa shape index (κ3) is 3.46. The quantitative estimate of drug-likeness (QED) is 0.456. The SMILES string of the molecule is C[C@H]1CC2C3CCC4=CC(=O)C=C[C@]4(C)C3(F)[C@@H](O)C[C@]2(C)[C@]1(OC(=O)NC12CC3CC(CC(C3)C1)C2)C(=O)CO. The van der Waals surface area contributed by atoms with Gasteiger partial charge < -0.3 is 20.3 Å². The number of carbonyl (C=O) groups is 3. The van der Waals surface area contributed by atoms with Gasteiger partial charge in [0.25, 0.3) is 0 Å². The Hall–Kier alpha value is -2.06. The third-order valence-electron chi connectivity index (χ3n) is 13.4. The number of ether oxygens (including phenoxy) is 1. The molecular formula is C33H44FNO6. The molecule has 0 radical (unpaired) electrons. The van der Waals surface area contributed by atoms with Crippen LogP contribution in [0.5, 0.6) is 0 Å². The summed E-state index contributed by atoms with van der Waals surface area (Å²) in [6.07, 6.45) is 10.2. The number of ketones is 2. The Morgan fingerprint density at radius 1 is 1.05 bits per heavy atom. The first-order chi connectivity index (χ1) is 19.3. The van der Waals surface area contributed by atoms with Gasteiger partial charge in [0.2, 0.25) is 5.78 Å². The number of alkyl carbamates (subject to hydrolysis) is 1. The number of Topliss-reactive ketones (excluding diaryl/α,β-unsaturated/α-hetero) is 1. The highest BCUT2D eigenvalue weighted by atomic mass is 19.1. The molecule has 8 aliphatic rings. The normalized spacial score (nSPS) is 52.8. The predicted octanol–water partition coefficient (Wildman–Crippen LogP) is 4.60. The lowest BCUT2D eigenvalue weighted by Crippen LogP contribution is -2.70. The van der Waals surface area contributed by atoms with Crippen molar-refractivity contribution in [3.8, 4) is 0 Å². The van der Waals surface area contributed by atoms with Crippen LogP contribution in [0.25, 0.3) is 0 Å². The molecule has 0 aromatic heterocycles. The second-order valence-electron chi connectivity index (χ2n) is 15.4. The van der Waals surface area contributed by atoms with Crippen molar-refractivity contribution < 1.29 is 33.7 Å². The van der Waals surface area contributed by atoms with Gasteiger partial charge in [-0.05, 0) is 107 Å². The van der Waals surface area contributed by atoms with Crippen molar-refractivity contribution in [1.82, 2.24) is 5.32 Å². The van der Waals surface area contributed by atoms with Crippen LogP contribution in [0, 0.1) is 46.3 Å². The van der Waals surface area contributed by atoms with Crippen LogP contribution in [-0.2, 0) is 14.3 Å². The minimum Gasteiger partial charge on any atom is -0.434 e. The summed E-state index contributed by atoms with van der Waals surface area (Å²) in [6.45, 7) is 4.67. The fraction of sp³-hybridized carbons (Fsp3) is 0.788. The first-order valence-corrected chi connectivity index (χ1v) is 15.8. The molecule has 8 rings (SSSR count). The molecule has 3 unspecified atom stereocenters. The third-order valence-corrected chi connectivity index (χ3v) is 13.4. The van der Waals surface area contributed by atoms with E-state index in [1.165, 1.54) is 31.4 Å². The number of amides is 1. The maximum Gasteiger partial charge on any atom is 0.408 e. The number of aliphatic hydroxyl groups is 2. The Morgan fingerprint density at radius 3 is 2.29 bits per heavy atom. The minimum atomic E-state index is -2.04. The molecule has 0 heterocycles. The Balaban J connectivity index is 1.23.